The molecule has 1 atom stereocenters. The van der Waals surface area contributed by atoms with Crippen LogP contribution in [0, 0.1) is 0 Å². The van der Waals surface area contributed by atoms with Gasteiger partial charge in [0.2, 0.25) is 0 Å². The maximum absolute atomic E-state index is 5.60. The number of fused-ring (bicyclic) bond motifs is 1. The number of rotatable bonds is 2. The third-order valence-corrected chi connectivity index (χ3v) is 2.06. The van der Waals surface area contributed by atoms with Crippen LogP contribution in [0.1, 0.15) is 5.56 Å². The third-order valence-electron chi connectivity index (χ3n) is 2.06. The van der Waals surface area contributed by atoms with E-state index in [4.69, 9.17) is 10.6 Å². The zero-order valence-corrected chi connectivity index (χ0v) is 6.79. The van der Waals surface area contributed by atoms with E-state index in [1.807, 2.05) is 18.2 Å². The lowest BCUT2D eigenvalue weighted by Gasteiger charge is -2.08. The second-order valence-corrected chi connectivity index (χ2v) is 2.96. The minimum Gasteiger partial charge on any atom is -0.488 e. The Hall–Kier alpha value is -1.06. The van der Waals surface area contributed by atoms with Crippen LogP contribution in [0.15, 0.2) is 24.3 Å². The maximum Gasteiger partial charge on any atom is 0.123 e. The molecular weight excluding hydrogens is 152 g/mol. The Balaban J connectivity index is 2.11. The Morgan fingerprint density at radius 2 is 2.33 bits per heavy atom. The van der Waals surface area contributed by atoms with E-state index in [9.17, 15) is 0 Å². The van der Waals surface area contributed by atoms with Gasteiger partial charge in [0.15, 0.2) is 0 Å². The topological polar surface area (TPSA) is 47.3 Å². The van der Waals surface area contributed by atoms with Crippen molar-refractivity contribution in [2.45, 2.75) is 12.5 Å². The molecular formula is C9H12N2O. The lowest BCUT2D eigenvalue weighted by Crippen LogP contribution is -2.34. The Bertz CT molecular complexity index is 250. The van der Waals surface area contributed by atoms with E-state index < -0.39 is 0 Å². The van der Waals surface area contributed by atoms with Gasteiger partial charge in [-0.1, -0.05) is 18.2 Å². The van der Waals surface area contributed by atoms with Crippen molar-refractivity contribution in [2.24, 2.45) is 5.84 Å². The van der Waals surface area contributed by atoms with Crippen LogP contribution in [0.3, 0.4) is 0 Å². The second kappa shape index (κ2) is 3.13. The number of benzene rings is 1. The summed E-state index contributed by atoms with van der Waals surface area (Å²) >= 11 is 0. The number of nitrogens with one attached hydrogen (secondary N) is 1. The van der Waals surface area contributed by atoms with Crippen LogP contribution in [0.5, 0.6) is 5.75 Å². The highest BCUT2D eigenvalue weighted by atomic mass is 16.5. The van der Waals surface area contributed by atoms with Gasteiger partial charge in [0.25, 0.3) is 0 Å². The molecule has 0 amide bonds. The number of hydrazine groups is 1. The van der Waals surface area contributed by atoms with Crippen molar-refractivity contribution in [2.75, 3.05) is 6.54 Å². The maximum atomic E-state index is 5.60. The summed E-state index contributed by atoms with van der Waals surface area (Å²) in [4.78, 5) is 0. The molecule has 1 unspecified atom stereocenters. The van der Waals surface area contributed by atoms with Gasteiger partial charge in [0, 0.05) is 13.0 Å². The van der Waals surface area contributed by atoms with Crippen LogP contribution in [0.4, 0.5) is 0 Å². The lowest BCUT2D eigenvalue weighted by molar-refractivity contribution is 0.228. The van der Waals surface area contributed by atoms with Crippen LogP contribution in [-0.2, 0) is 6.42 Å². The first-order valence-corrected chi connectivity index (χ1v) is 4.08. The molecule has 0 spiro atoms. The molecule has 0 bridgehead atoms. The van der Waals surface area contributed by atoms with Crippen LogP contribution >= 0.6 is 0 Å². The molecule has 1 aliphatic heterocycles. The zero-order valence-electron chi connectivity index (χ0n) is 6.79. The van der Waals surface area contributed by atoms with E-state index in [2.05, 4.69) is 11.5 Å². The van der Waals surface area contributed by atoms with E-state index in [-0.39, 0.29) is 6.10 Å². The average Bonchev–Trinajstić information content (AvgIpc) is 2.47. The van der Waals surface area contributed by atoms with E-state index >= 15 is 0 Å². The van der Waals surface area contributed by atoms with Crippen molar-refractivity contribution < 1.29 is 4.74 Å². The van der Waals surface area contributed by atoms with Gasteiger partial charge < -0.3 is 4.74 Å². The number of para-hydroxylation sites is 1. The van der Waals surface area contributed by atoms with Crippen LogP contribution in [-0.4, -0.2) is 12.6 Å². The minimum atomic E-state index is 0.201. The third kappa shape index (κ3) is 1.29. The fourth-order valence-electron chi connectivity index (χ4n) is 1.50. The molecule has 12 heavy (non-hydrogen) atoms. The van der Waals surface area contributed by atoms with E-state index in [1.54, 1.807) is 0 Å². The molecule has 3 N–H and O–H groups in total. The highest BCUT2D eigenvalue weighted by molar-refractivity contribution is 5.37. The summed E-state index contributed by atoms with van der Waals surface area (Å²) in [5.41, 5.74) is 3.90. The molecule has 0 saturated carbocycles. The largest absolute Gasteiger partial charge is 0.488 e. The van der Waals surface area contributed by atoms with Gasteiger partial charge in [-0.2, -0.15) is 0 Å². The minimum absolute atomic E-state index is 0.201. The fourth-order valence-corrected chi connectivity index (χ4v) is 1.50. The first kappa shape index (κ1) is 7.58. The van der Waals surface area contributed by atoms with Crippen molar-refractivity contribution in [1.82, 2.24) is 5.43 Å². The van der Waals surface area contributed by atoms with E-state index in [0.717, 1.165) is 12.2 Å². The van der Waals surface area contributed by atoms with Crippen molar-refractivity contribution in [3.05, 3.63) is 29.8 Å². The van der Waals surface area contributed by atoms with Crippen molar-refractivity contribution >= 4 is 0 Å². The SMILES string of the molecule is NNCC1Cc2ccccc2O1. The van der Waals surface area contributed by atoms with Gasteiger partial charge in [0.05, 0.1) is 0 Å². The predicted molar refractivity (Wildman–Crippen MR) is 46.8 cm³/mol. The summed E-state index contributed by atoms with van der Waals surface area (Å²) in [7, 11) is 0. The first-order chi connectivity index (χ1) is 5.90. The van der Waals surface area contributed by atoms with Gasteiger partial charge >= 0.3 is 0 Å². The molecule has 0 radical (unpaired) electrons. The molecule has 0 aromatic heterocycles. The molecule has 1 aliphatic rings. The molecule has 0 fully saturated rings. The van der Waals surface area contributed by atoms with Crippen LogP contribution in [0.2, 0.25) is 0 Å². The smallest absolute Gasteiger partial charge is 0.123 e. The number of ether oxygens (including phenoxy) is 1. The summed E-state index contributed by atoms with van der Waals surface area (Å²) in [6.07, 6.45) is 1.16. The monoisotopic (exact) mass is 164 g/mol. The summed E-state index contributed by atoms with van der Waals surface area (Å²) in [6, 6.07) is 8.09. The molecule has 0 aliphatic carbocycles. The average molecular weight is 164 g/mol. The molecule has 1 heterocycles. The van der Waals surface area contributed by atoms with Gasteiger partial charge in [0.1, 0.15) is 11.9 Å². The van der Waals surface area contributed by atoms with Crippen molar-refractivity contribution in [3.8, 4) is 5.75 Å². The van der Waals surface area contributed by atoms with Crippen LogP contribution < -0.4 is 16.0 Å². The van der Waals surface area contributed by atoms with Crippen molar-refractivity contribution in [1.29, 1.82) is 0 Å². The van der Waals surface area contributed by atoms with Crippen molar-refractivity contribution in [3.63, 3.8) is 0 Å². The predicted octanol–water partition coefficient (Wildman–Crippen LogP) is 0.453. The Morgan fingerprint density at radius 3 is 3.08 bits per heavy atom. The molecule has 3 heteroatoms. The first-order valence-electron chi connectivity index (χ1n) is 4.08. The Kier molecular flexibility index (Phi) is 1.98. The molecule has 1 aromatic carbocycles. The van der Waals surface area contributed by atoms with E-state index in [0.29, 0.717) is 6.54 Å². The Labute approximate surface area is 71.5 Å². The van der Waals surface area contributed by atoms with Gasteiger partial charge in [-0.05, 0) is 11.6 Å². The summed E-state index contributed by atoms with van der Waals surface area (Å²) in [5, 5.41) is 0. The summed E-state index contributed by atoms with van der Waals surface area (Å²) in [6.45, 7) is 0.703. The Morgan fingerprint density at radius 1 is 1.50 bits per heavy atom. The van der Waals surface area contributed by atoms with Gasteiger partial charge in [-0.3, -0.25) is 11.3 Å². The van der Waals surface area contributed by atoms with Crippen LogP contribution in [0.25, 0.3) is 0 Å². The molecule has 2 rings (SSSR count). The number of hydrogen-bond acceptors (Lipinski definition) is 3. The van der Waals surface area contributed by atoms with E-state index in [1.165, 1.54) is 5.56 Å². The zero-order chi connectivity index (χ0) is 8.39. The standard InChI is InChI=1S/C9H12N2O/c10-11-6-8-5-7-3-1-2-4-9(7)12-8/h1-4,8,11H,5-6,10H2. The highest BCUT2D eigenvalue weighted by Gasteiger charge is 2.20. The number of nitrogens with two attached hydrogens (primary N) is 1. The summed E-state index contributed by atoms with van der Waals surface area (Å²) in [5.74, 6) is 6.21. The second-order valence-electron chi connectivity index (χ2n) is 2.96. The molecule has 0 saturated heterocycles. The molecule has 1 aromatic rings. The van der Waals surface area contributed by atoms with Gasteiger partial charge in [-0.15, -0.1) is 0 Å². The number of hydrogen-bond donors (Lipinski definition) is 2. The fraction of sp³-hybridized carbons (Fsp3) is 0.333. The molecule has 64 valence electrons. The van der Waals surface area contributed by atoms with Gasteiger partial charge in [-0.25, -0.2) is 0 Å². The molecule has 3 nitrogen and oxygen atoms in total. The summed E-state index contributed by atoms with van der Waals surface area (Å²) < 4.78 is 5.60. The lowest BCUT2D eigenvalue weighted by atomic mass is 10.1. The highest BCUT2D eigenvalue weighted by Crippen LogP contribution is 2.27. The normalized spacial score (nSPS) is 20.2. The quantitative estimate of drug-likeness (QED) is 0.493.